The lowest BCUT2D eigenvalue weighted by Crippen LogP contribution is -2.28. The summed E-state index contributed by atoms with van der Waals surface area (Å²) in [5, 5.41) is 6.19. The molecule has 2 heterocycles. The molecule has 1 fully saturated rings. The molecule has 1 aliphatic heterocycles. The van der Waals surface area contributed by atoms with Crippen LogP contribution in [0.3, 0.4) is 0 Å². The maximum atomic E-state index is 12.1. The van der Waals surface area contributed by atoms with Crippen molar-refractivity contribution in [3.63, 3.8) is 0 Å². The van der Waals surface area contributed by atoms with Gasteiger partial charge in [-0.05, 0) is 62.5 Å². The first kappa shape index (κ1) is 18.8. The van der Waals surface area contributed by atoms with Gasteiger partial charge in [-0.15, -0.1) is 0 Å². The number of pyridine rings is 1. The molecule has 0 spiro atoms. The van der Waals surface area contributed by atoms with E-state index in [1.54, 1.807) is 42.6 Å². The normalized spacial score (nSPS) is 14.5. The summed E-state index contributed by atoms with van der Waals surface area (Å²) in [6.07, 6.45) is 5.26. The van der Waals surface area contributed by atoms with Gasteiger partial charge in [0.1, 0.15) is 5.75 Å². The zero-order chi connectivity index (χ0) is 19.1. The lowest BCUT2D eigenvalue weighted by atomic mass is 9.93. The largest absolute Gasteiger partial charge is 0.439 e. The smallest absolute Gasteiger partial charge is 0.248 e. The van der Waals surface area contributed by atoms with E-state index in [-0.39, 0.29) is 5.91 Å². The topological polar surface area (TPSA) is 106 Å². The molecule has 7 heteroatoms. The Morgan fingerprint density at radius 2 is 2.04 bits per heavy atom. The number of piperidine rings is 1. The van der Waals surface area contributed by atoms with E-state index >= 15 is 0 Å². The molecular weight excluding hydrogens is 344 g/mol. The molecule has 7 nitrogen and oxygen atoms in total. The van der Waals surface area contributed by atoms with E-state index in [2.05, 4.69) is 15.6 Å². The third kappa shape index (κ3) is 5.79. The number of carbonyl (C=O) groups excluding carboxylic acids is 2. The second kappa shape index (κ2) is 9.14. The minimum Gasteiger partial charge on any atom is -0.439 e. The molecule has 2 amide bonds. The number of aromatic nitrogens is 1. The van der Waals surface area contributed by atoms with Gasteiger partial charge in [-0.2, -0.15) is 0 Å². The summed E-state index contributed by atoms with van der Waals surface area (Å²) < 4.78 is 5.62. The van der Waals surface area contributed by atoms with Gasteiger partial charge in [-0.1, -0.05) is 6.07 Å². The summed E-state index contributed by atoms with van der Waals surface area (Å²) in [7, 11) is 0. The maximum Gasteiger partial charge on any atom is 0.248 e. The van der Waals surface area contributed by atoms with E-state index in [0.717, 1.165) is 32.4 Å². The number of primary amides is 1. The number of amides is 2. The van der Waals surface area contributed by atoms with E-state index in [9.17, 15) is 9.59 Å². The van der Waals surface area contributed by atoms with Crippen molar-refractivity contribution in [2.75, 3.05) is 18.4 Å². The highest BCUT2D eigenvalue weighted by Gasteiger charge is 2.14. The highest BCUT2D eigenvalue weighted by Crippen LogP contribution is 2.22. The van der Waals surface area contributed by atoms with Crippen LogP contribution in [0.2, 0.25) is 0 Å². The summed E-state index contributed by atoms with van der Waals surface area (Å²) in [6.45, 7) is 2.08. The van der Waals surface area contributed by atoms with Crippen molar-refractivity contribution < 1.29 is 14.3 Å². The van der Waals surface area contributed by atoms with Gasteiger partial charge < -0.3 is 21.1 Å². The van der Waals surface area contributed by atoms with Crippen LogP contribution in [0.1, 0.15) is 36.0 Å². The number of hydrogen-bond donors (Lipinski definition) is 3. The second-order valence-electron chi connectivity index (χ2n) is 6.66. The number of nitrogens with two attached hydrogens (primary N) is 1. The molecular formula is C20H24N4O3. The first-order chi connectivity index (χ1) is 13.1. The van der Waals surface area contributed by atoms with Gasteiger partial charge in [0.25, 0.3) is 0 Å². The molecule has 0 atom stereocenters. The van der Waals surface area contributed by atoms with Crippen molar-refractivity contribution in [1.82, 2.24) is 10.3 Å². The monoisotopic (exact) mass is 368 g/mol. The molecule has 4 N–H and O–H groups in total. The average molecular weight is 368 g/mol. The van der Waals surface area contributed by atoms with Crippen molar-refractivity contribution in [3.05, 3.63) is 48.2 Å². The van der Waals surface area contributed by atoms with Crippen LogP contribution in [-0.4, -0.2) is 29.9 Å². The second-order valence-corrected chi connectivity index (χ2v) is 6.66. The molecule has 0 radical (unpaired) electrons. The number of benzene rings is 1. The number of rotatable bonds is 7. The molecule has 1 aromatic heterocycles. The quantitative estimate of drug-likeness (QED) is 0.697. The van der Waals surface area contributed by atoms with Crippen LogP contribution >= 0.6 is 0 Å². The zero-order valence-corrected chi connectivity index (χ0v) is 15.1. The molecule has 1 aromatic carbocycles. The van der Waals surface area contributed by atoms with Crippen LogP contribution in [-0.2, 0) is 4.79 Å². The summed E-state index contributed by atoms with van der Waals surface area (Å²) in [5.41, 5.74) is 6.26. The SMILES string of the molecule is NC(=O)c1cccc(Oc2ccc(NC(=O)CCC3CCNCC3)cn2)c1. The number of hydrogen-bond acceptors (Lipinski definition) is 5. The number of nitrogens with one attached hydrogen (secondary N) is 2. The van der Waals surface area contributed by atoms with Crippen molar-refractivity contribution in [3.8, 4) is 11.6 Å². The van der Waals surface area contributed by atoms with Gasteiger partial charge in [0.2, 0.25) is 17.7 Å². The van der Waals surface area contributed by atoms with Crippen molar-refractivity contribution in [1.29, 1.82) is 0 Å². The fourth-order valence-corrected chi connectivity index (χ4v) is 3.08. The molecule has 3 rings (SSSR count). The fraction of sp³-hybridized carbons (Fsp3) is 0.350. The fourth-order valence-electron chi connectivity index (χ4n) is 3.08. The Hall–Kier alpha value is -2.93. The molecule has 0 bridgehead atoms. The Morgan fingerprint density at radius 1 is 1.22 bits per heavy atom. The third-order valence-corrected chi connectivity index (χ3v) is 4.60. The first-order valence-corrected chi connectivity index (χ1v) is 9.14. The summed E-state index contributed by atoms with van der Waals surface area (Å²) in [4.78, 5) is 27.5. The average Bonchev–Trinajstić information content (AvgIpc) is 2.69. The third-order valence-electron chi connectivity index (χ3n) is 4.60. The van der Waals surface area contributed by atoms with Crippen molar-refractivity contribution >= 4 is 17.5 Å². The molecule has 0 aliphatic carbocycles. The Bertz CT molecular complexity index is 786. The van der Waals surface area contributed by atoms with E-state index in [0.29, 0.717) is 35.2 Å². The molecule has 1 saturated heterocycles. The highest BCUT2D eigenvalue weighted by molar-refractivity contribution is 5.93. The van der Waals surface area contributed by atoms with E-state index in [1.165, 1.54) is 0 Å². The van der Waals surface area contributed by atoms with Crippen LogP contribution < -0.4 is 21.1 Å². The van der Waals surface area contributed by atoms with Gasteiger partial charge in [0.05, 0.1) is 11.9 Å². The minimum absolute atomic E-state index is 0.00170. The van der Waals surface area contributed by atoms with Crippen LogP contribution in [0, 0.1) is 5.92 Å². The van der Waals surface area contributed by atoms with E-state index in [4.69, 9.17) is 10.5 Å². The number of anilines is 1. The zero-order valence-electron chi connectivity index (χ0n) is 15.1. The number of ether oxygens (including phenoxy) is 1. The molecule has 27 heavy (non-hydrogen) atoms. The van der Waals surface area contributed by atoms with Gasteiger partial charge in [0, 0.05) is 18.1 Å². The first-order valence-electron chi connectivity index (χ1n) is 9.14. The Balaban J connectivity index is 1.50. The Kier molecular flexibility index (Phi) is 6.38. The maximum absolute atomic E-state index is 12.1. The molecule has 0 unspecified atom stereocenters. The minimum atomic E-state index is -0.518. The summed E-state index contributed by atoms with van der Waals surface area (Å²) in [5.74, 6) is 0.943. The predicted octanol–water partition coefficient (Wildman–Crippen LogP) is 2.69. The van der Waals surface area contributed by atoms with Crippen molar-refractivity contribution in [2.45, 2.75) is 25.7 Å². The predicted molar refractivity (Wildman–Crippen MR) is 103 cm³/mol. The van der Waals surface area contributed by atoms with Crippen LogP contribution in [0.25, 0.3) is 0 Å². The van der Waals surface area contributed by atoms with Crippen molar-refractivity contribution in [2.24, 2.45) is 11.7 Å². The van der Waals surface area contributed by atoms with Crippen LogP contribution in [0.5, 0.6) is 11.6 Å². The Labute approximate surface area is 158 Å². The lowest BCUT2D eigenvalue weighted by Gasteiger charge is -2.22. The molecule has 1 aliphatic rings. The molecule has 0 saturated carbocycles. The van der Waals surface area contributed by atoms with Crippen LogP contribution in [0.4, 0.5) is 5.69 Å². The number of carbonyl (C=O) groups is 2. The standard InChI is InChI=1S/C20H24N4O3/c21-20(26)15-2-1-3-17(12-15)27-19-7-5-16(13-23-19)24-18(25)6-4-14-8-10-22-11-9-14/h1-3,5,7,12-14,22H,4,6,8-11H2,(H2,21,26)(H,24,25). The van der Waals surface area contributed by atoms with Crippen LogP contribution in [0.15, 0.2) is 42.6 Å². The highest BCUT2D eigenvalue weighted by atomic mass is 16.5. The summed E-state index contributed by atoms with van der Waals surface area (Å²) >= 11 is 0. The van der Waals surface area contributed by atoms with E-state index in [1.807, 2.05) is 0 Å². The van der Waals surface area contributed by atoms with Gasteiger partial charge in [-0.25, -0.2) is 4.98 Å². The van der Waals surface area contributed by atoms with Gasteiger partial charge in [-0.3, -0.25) is 9.59 Å². The lowest BCUT2D eigenvalue weighted by molar-refractivity contribution is -0.116. The molecule has 2 aromatic rings. The summed E-state index contributed by atoms with van der Waals surface area (Å²) in [6, 6.07) is 9.98. The van der Waals surface area contributed by atoms with Gasteiger partial charge >= 0.3 is 0 Å². The number of nitrogens with zero attached hydrogens (tertiary/aromatic N) is 1. The Morgan fingerprint density at radius 3 is 2.74 bits per heavy atom. The molecule has 142 valence electrons. The van der Waals surface area contributed by atoms with Gasteiger partial charge in [0.15, 0.2) is 0 Å². The van der Waals surface area contributed by atoms with E-state index < -0.39 is 5.91 Å².